The topological polar surface area (TPSA) is 43.1 Å². The zero-order valence-electron chi connectivity index (χ0n) is 9.56. The van der Waals surface area contributed by atoms with Crippen LogP contribution in [-0.2, 0) is 0 Å². The van der Waals surface area contributed by atoms with E-state index in [1.807, 2.05) is 0 Å². The maximum atomic E-state index is 11.1. The van der Waals surface area contributed by atoms with Gasteiger partial charge in [-0.1, -0.05) is 23.7 Å². The van der Waals surface area contributed by atoms with E-state index in [9.17, 15) is 4.79 Å². The summed E-state index contributed by atoms with van der Waals surface area (Å²) in [5, 5.41) is 0.0815. The van der Waals surface area contributed by atoms with Crippen molar-refractivity contribution in [3.05, 3.63) is 53.1 Å². The van der Waals surface area contributed by atoms with E-state index >= 15 is 0 Å². The van der Waals surface area contributed by atoms with E-state index in [1.54, 1.807) is 42.5 Å². The van der Waals surface area contributed by atoms with E-state index in [-0.39, 0.29) is 0 Å². The van der Waals surface area contributed by atoms with Crippen molar-refractivity contribution in [1.82, 2.24) is 4.98 Å². The number of carbonyl (C=O) groups is 1. The Morgan fingerprint density at radius 2 is 2.00 bits per heavy atom. The molecule has 3 nitrogen and oxygen atoms in total. The third kappa shape index (κ3) is 2.35. The Morgan fingerprint density at radius 3 is 2.79 bits per heavy atom. The van der Waals surface area contributed by atoms with Crippen LogP contribution in [0.25, 0.3) is 22.6 Å². The molecule has 5 heteroatoms. The van der Waals surface area contributed by atoms with Gasteiger partial charge in [-0.05, 0) is 41.9 Å². The predicted molar refractivity (Wildman–Crippen MR) is 74.6 cm³/mol. The summed E-state index contributed by atoms with van der Waals surface area (Å²) in [5.41, 5.74) is 2.41. The molecule has 0 unspecified atom stereocenters. The molecule has 1 aromatic heterocycles. The molecule has 0 aliphatic carbocycles. The van der Waals surface area contributed by atoms with Crippen molar-refractivity contribution in [3.8, 4) is 11.5 Å². The summed E-state index contributed by atoms with van der Waals surface area (Å²) in [7, 11) is 0. The molecule has 3 aromatic rings. The van der Waals surface area contributed by atoms with Gasteiger partial charge in [0.05, 0.1) is 0 Å². The smallest absolute Gasteiger partial charge is 0.252 e. The molecule has 0 aliphatic rings. The van der Waals surface area contributed by atoms with Crippen LogP contribution in [0.15, 0.2) is 46.9 Å². The number of nitrogens with zero attached hydrogens (tertiary/aromatic N) is 1. The molecule has 0 amide bonds. The maximum Gasteiger partial charge on any atom is 0.252 e. The molecule has 0 saturated heterocycles. The second-order valence-electron chi connectivity index (χ2n) is 3.99. The van der Waals surface area contributed by atoms with Crippen LogP contribution in [0.3, 0.4) is 0 Å². The van der Waals surface area contributed by atoms with Gasteiger partial charge in [-0.2, -0.15) is 0 Å². The van der Waals surface area contributed by atoms with Crippen LogP contribution in [0.1, 0.15) is 10.4 Å². The number of halogens is 2. The lowest BCUT2D eigenvalue weighted by atomic mass is 10.1. The van der Waals surface area contributed by atoms with Gasteiger partial charge in [0.15, 0.2) is 5.58 Å². The molecule has 0 spiro atoms. The molecular formula is C14H7Cl2NO2. The number of hydrogen-bond acceptors (Lipinski definition) is 3. The molecule has 0 radical (unpaired) electrons. The van der Waals surface area contributed by atoms with Crippen molar-refractivity contribution in [2.45, 2.75) is 0 Å². The molecule has 2 aromatic carbocycles. The summed E-state index contributed by atoms with van der Waals surface area (Å²) < 4.78 is 5.62. The molecule has 19 heavy (non-hydrogen) atoms. The number of rotatable bonds is 2. The van der Waals surface area contributed by atoms with Gasteiger partial charge in [0.25, 0.3) is 5.24 Å². The van der Waals surface area contributed by atoms with E-state index in [0.717, 1.165) is 0 Å². The Morgan fingerprint density at radius 1 is 1.16 bits per heavy atom. The van der Waals surface area contributed by atoms with E-state index in [1.165, 1.54) is 0 Å². The lowest BCUT2D eigenvalue weighted by Gasteiger charge is -1.97. The van der Waals surface area contributed by atoms with E-state index < -0.39 is 5.24 Å². The average molecular weight is 292 g/mol. The quantitative estimate of drug-likeness (QED) is 0.652. The predicted octanol–water partition coefficient (Wildman–Crippen LogP) is 4.53. The van der Waals surface area contributed by atoms with Crippen LogP contribution < -0.4 is 0 Å². The minimum Gasteiger partial charge on any atom is -0.436 e. The van der Waals surface area contributed by atoms with Crippen molar-refractivity contribution >= 4 is 39.5 Å². The van der Waals surface area contributed by atoms with Gasteiger partial charge in [0, 0.05) is 16.1 Å². The molecule has 0 bridgehead atoms. The average Bonchev–Trinajstić information content (AvgIpc) is 2.81. The highest BCUT2D eigenvalue weighted by molar-refractivity contribution is 6.67. The van der Waals surface area contributed by atoms with Crippen molar-refractivity contribution < 1.29 is 9.21 Å². The molecule has 0 aliphatic heterocycles. The zero-order chi connectivity index (χ0) is 13.4. The summed E-state index contributed by atoms with van der Waals surface area (Å²) in [6.45, 7) is 0. The highest BCUT2D eigenvalue weighted by atomic mass is 35.5. The van der Waals surface area contributed by atoms with Crippen molar-refractivity contribution in [1.29, 1.82) is 0 Å². The SMILES string of the molecule is O=C(Cl)c1cccc(-c2nc3cc(Cl)ccc3o2)c1. The van der Waals surface area contributed by atoms with Crippen molar-refractivity contribution in [2.75, 3.05) is 0 Å². The molecular weight excluding hydrogens is 285 g/mol. The summed E-state index contributed by atoms with van der Waals surface area (Å²) in [6.07, 6.45) is 0. The number of carbonyl (C=O) groups excluding carboxylic acids is 1. The van der Waals surface area contributed by atoms with Crippen molar-refractivity contribution in [2.24, 2.45) is 0 Å². The first kappa shape index (κ1) is 12.2. The number of oxazole rings is 1. The Balaban J connectivity index is 2.13. The molecule has 94 valence electrons. The number of aromatic nitrogens is 1. The van der Waals surface area contributed by atoms with Crippen LogP contribution in [0.5, 0.6) is 0 Å². The van der Waals surface area contributed by atoms with E-state index in [2.05, 4.69) is 4.98 Å². The van der Waals surface area contributed by atoms with Gasteiger partial charge in [-0.3, -0.25) is 4.79 Å². The third-order valence-electron chi connectivity index (χ3n) is 2.69. The molecule has 0 fully saturated rings. The summed E-state index contributed by atoms with van der Waals surface area (Å²) in [5.74, 6) is 0.428. The first-order chi connectivity index (χ1) is 9.13. The number of benzene rings is 2. The summed E-state index contributed by atoms with van der Waals surface area (Å²) >= 11 is 11.4. The van der Waals surface area contributed by atoms with Gasteiger partial charge in [0.1, 0.15) is 5.52 Å². The Hall–Kier alpha value is -1.84. The van der Waals surface area contributed by atoms with Crippen molar-refractivity contribution in [3.63, 3.8) is 0 Å². The molecule has 0 saturated carbocycles. The van der Waals surface area contributed by atoms with Gasteiger partial charge >= 0.3 is 0 Å². The van der Waals surface area contributed by atoms with Crippen LogP contribution in [0, 0.1) is 0 Å². The van der Waals surface area contributed by atoms with Gasteiger partial charge in [0.2, 0.25) is 5.89 Å². The van der Waals surface area contributed by atoms with Crippen LogP contribution >= 0.6 is 23.2 Å². The van der Waals surface area contributed by atoms with E-state index in [4.69, 9.17) is 27.6 Å². The number of fused-ring (bicyclic) bond motifs is 1. The lowest BCUT2D eigenvalue weighted by Crippen LogP contribution is -1.88. The monoisotopic (exact) mass is 291 g/mol. The lowest BCUT2D eigenvalue weighted by molar-refractivity contribution is 0.108. The Kier molecular flexibility index (Phi) is 3.01. The van der Waals surface area contributed by atoms with Gasteiger partial charge in [-0.25, -0.2) is 4.98 Å². The molecule has 0 N–H and O–H groups in total. The largest absolute Gasteiger partial charge is 0.436 e. The van der Waals surface area contributed by atoms with E-state index in [0.29, 0.717) is 33.1 Å². The highest BCUT2D eigenvalue weighted by Gasteiger charge is 2.10. The van der Waals surface area contributed by atoms with Crippen LogP contribution in [0.2, 0.25) is 5.02 Å². The molecule has 1 heterocycles. The Bertz CT molecular complexity index is 780. The maximum absolute atomic E-state index is 11.1. The third-order valence-corrected chi connectivity index (χ3v) is 3.14. The van der Waals surface area contributed by atoms with Crippen LogP contribution in [-0.4, -0.2) is 10.2 Å². The Labute approximate surface area is 118 Å². The van der Waals surface area contributed by atoms with Gasteiger partial charge in [-0.15, -0.1) is 0 Å². The second-order valence-corrected chi connectivity index (χ2v) is 4.77. The van der Waals surface area contributed by atoms with Gasteiger partial charge < -0.3 is 4.42 Å². The minimum absolute atomic E-state index is 0.402. The standard InChI is InChI=1S/C14H7Cl2NO2/c15-10-4-5-12-11(7-10)17-14(19-12)9-3-1-2-8(6-9)13(16)18/h1-7H. The first-order valence-corrected chi connectivity index (χ1v) is 6.25. The minimum atomic E-state index is -0.513. The molecule has 3 rings (SSSR count). The zero-order valence-corrected chi connectivity index (χ0v) is 11.1. The fourth-order valence-electron chi connectivity index (χ4n) is 1.80. The molecule has 0 atom stereocenters. The second kappa shape index (κ2) is 4.68. The number of hydrogen-bond donors (Lipinski definition) is 0. The normalized spacial score (nSPS) is 10.8. The summed E-state index contributed by atoms with van der Waals surface area (Å²) in [6, 6.07) is 12.0. The summed E-state index contributed by atoms with van der Waals surface area (Å²) in [4.78, 5) is 15.5. The fourth-order valence-corrected chi connectivity index (χ4v) is 2.08. The highest BCUT2D eigenvalue weighted by Crippen LogP contribution is 2.26. The fraction of sp³-hybridized carbons (Fsp3) is 0. The van der Waals surface area contributed by atoms with Crippen LogP contribution in [0.4, 0.5) is 0 Å². The first-order valence-electron chi connectivity index (χ1n) is 5.50.